The van der Waals surface area contributed by atoms with Crippen LogP contribution in [0, 0.1) is 0 Å². The molecule has 0 saturated heterocycles. The van der Waals surface area contributed by atoms with E-state index in [2.05, 4.69) is 10.3 Å². The van der Waals surface area contributed by atoms with Crippen LogP contribution in [0.1, 0.15) is 13.3 Å². The first-order valence-electron chi connectivity index (χ1n) is 6.29. The molecule has 8 nitrogen and oxygen atoms in total. The van der Waals surface area contributed by atoms with Gasteiger partial charge in [0.1, 0.15) is 17.4 Å². The quantitative estimate of drug-likeness (QED) is 0.613. The molecule has 112 valence electrons. The van der Waals surface area contributed by atoms with Gasteiger partial charge < -0.3 is 20.4 Å². The van der Waals surface area contributed by atoms with Gasteiger partial charge in [-0.2, -0.15) is 4.99 Å². The van der Waals surface area contributed by atoms with Gasteiger partial charge in [-0.1, -0.05) is 6.08 Å². The molecule has 0 spiro atoms. The molecule has 0 aromatic heterocycles. The van der Waals surface area contributed by atoms with Crippen molar-refractivity contribution in [2.75, 3.05) is 6.61 Å². The Morgan fingerprint density at radius 3 is 2.86 bits per heavy atom. The summed E-state index contributed by atoms with van der Waals surface area (Å²) in [5.41, 5.74) is -1.29. The minimum absolute atomic E-state index is 0.182. The van der Waals surface area contributed by atoms with Gasteiger partial charge in [0.15, 0.2) is 0 Å². The van der Waals surface area contributed by atoms with Gasteiger partial charge in [0.25, 0.3) is 5.91 Å². The van der Waals surface area contributed by atoms with E-state index in [1.54, 1.807) is 24.4 Å². The molecule has 2 aliphatic rings. The van der Waals surface area contributed by atoms with Gasteiger partial charge in [0, 0.05) is 6.20 Å². The number of hydrogen-bond donors (Lipinski definition) is 3. The lowest BCUT2D eigenvalue weighted by Gasteiger charge is -2.41. The van der Waals surface area contributed by atoms with Crippen LogP contribution in [0.4, 0.5) is 0 Å². The van der Waals surface area contributed by atoms with Crippen LogP contribution in [0.25, 0.3) is 0 Å². The third kappa shape index (κ3) is 2.70. The molecular weight excluding hydrogens is 278 g/mol. The number of aliphatic hydroxyl groups is 1. The van der Waals surface area contributed by atoms with Crippen LogP contribution < -0.4 is 5.32 Å². The molecular formula is C13H15N3O5. The summed E-state index contributed by atoms with van der Waals surface area (Å²) in [7, 11) is 0. The van der Waals surface area contributed by atoms with Crippen molar-refractivity contribution in [3.05, 3.63) is 24.4 Å². The van der Waals surface area contributed by atoms with Crippen molar-refractivity contribution >= 4 is 23.6 Å². The van der Waals surface area contributed by atoms with E-state index in [1.807, 2.05) is 0 Å². The molecule has 0 radical (unpaired) electrons. The molecule has 2 unspecified atom stereocenters. The van der Waals surface area contributed by atoms with E-state index < -0.39 is 36.0 Å². The first-order chi connectivity index (χ1) is 9.88. The number of rotatable bonds is 4. The highest BCUT2D eigenvalue weighted by atomic mass is 16.4. The Bertz CT molecular complexity index is 580. The molecule has 0 saturated carbocycles. The number of aliphatic hydroxyl groups excluding tert-OH is 1. The zero-order valence-corrected chi connectivity index (χ0v) is 11.3. The van der Waals surface area contributed by atoms with Gasteiger partial charge in [-0.25, -0.2) is 4.79 Å². The van der Waals surface area contributed by atoms with Crippen molar-refractivity contribution in [2.45, 2.75) is 24.9 Å². The first kappa shape index (κ1) is 14.9. The molecule has 2 heterocycles. The van der Waals surface area contributed by atoms with Gasteiger partial charge in [-0.15, -0.1) is 0 Å². The summed E-state index contributed by atoms with van der Waals surface area (Å²) < 4.78 is 0. The molecule has 0 bridgehead atoms. The highest BCUT2D eigenvalue weighted by molar-refractivity contribution is 6.09. The molecule has 0 fully saturated rings. The van der Waals surface area contributed by atoms with E-state index >= 15 is 0 Å². The fourth-order valence-corrected chi connectivity index (χ4v) is 2.18. The Balaban J connectivity index is 2.28. The van der Waals surface area contributed by atoms with Gasteiger partial charge in [-0.05, 0) is 19.1 Å². The summed E-state index contributed by atoms with van der Waals surface area (Å²) in [6.07, 6.45) is 6.36. The number of carboxylic acid groups (broad SMARTS) is 1. The molecule has 0 aromatic carbocycles. The minimum Gasteiger partial charge on any atom is -0.480 e. The van der Waals surface area contributed by atoms with E-state index in [0.29, 0.717) is 5.84 Å². The summed E-state index contributed by atoms with van der Waals surface area (Å²) in [5.74, 6) is -2.15. The summed E-state index contributed by atoms with van der Waals surface area (Å²) in [6.45, 7) is 0.788. The Labute approximate surface area is 120 Å². The second kappa shape index (κ2) is 5.49. The van der Waals surface area contributed by atoms with Crippen LogP contribution in [0.15, 0.2) is 29.4 Å². The van der Waals surface area contributed by atoms with Crippen LogP contribution in [0.3, 0.4) is 0 Å². The number of aliphatic carboxylic acids is 1. The van der Waals surface area contributed by atoms with Gasteiger partial charge in [-0.3, -0.25) is 9.59 Å². The smallest absolute Gasteiger partial charge is 0.328 e. The maximum absolute atomic E-state index is 12.4. The van der Waals surface area contributed by atoms with Crippen molar-refractivity contribution in [1.29, 1.82) is 0 Å². The normalized spacial score (nSPS) is 25.1. The number of amidine groups is 1. The van der Waals surface area contributed by atoms with Crippen LogP contribution in [0.2, 0.25) is 0 Å². The van der Waals surface area contributed by atoms with Crippen molar-refractivity contribution in [2.24, 2.45) is 4.99 Å². The molecule has 2 aliphatic heterocycles. The fourth-order valence-electron chi connectivity index (χ4n) is 2.18. The molecule has 2 atom stereocenters. The maximum Gasteiger partial charge on any atom is 0.328 e. The number of fused-ring (bicyclic) bond motifs is 1. The lowest BCUT2D eigenvalue weighted by Crippen LogP contribution is -2.62. The lowest BCUT2D eigenvalue weighted by molar-refractivity contribution is -0.145. The molecule has 2 rings (SSSR count). The molecule has 21 heavy (non-hydrogen) atoms. The average Bonchev–Trinajstić information content (AvgIpc) is 2.43. The summed E-state index contributed by atoms with van der Waals surface area (Å²) in [4.78, 5) is 40.4. The van der Waals surface area contributed by atoms with Crippen LogP contribution in [-0.4, -0.2) is 56.9 Å². The maximum atomic E-state index is 12.4. The number of nitrogens with zero attached hydrogens (tertiary/aromatic N) is 2. The van der Waals surface area contributed by atoms with Crippen LogP contribution in [-0.2, 0) is 14.4 Å². The predicted octanol–water partition coefficient (Wildman–Crippen LogP) is -0.979. The topological polar surface area (TPSA) is 119 Å². The molecule has 0 aromatic rings. The highest BCUT2D eigenvalue weighted by Crippen LogP contribution is 2.28. The highest BCUT2D eigenvalue weighted by Gasteiger charge is 2.46. The van der Waals surface area contributed by atoms with Crippen molar-refractivity contribution in [1.82, 2.24) is 10.2 Å². The monoisotopic (exact) mass is 293 g/mol. The zero-order valence-electron chi connectivity index (χ0n) is 11.3. The number of hydrogen-bond acceptors (Lipinski definition) is 5. The van der Waals surface area contributed by atoms with Crippen molar-refractivity contribution in [3.8, 4) is 0 Å². The van der Waals surface area contributed by atoms with Crippen LogP contribution >= 0.6 is 0 Å². The SMILES string of the molecule is CC1(C(=O)NC(CO)C(=O)O)CC(=O)N=C2C=CC=CN21. The minimum atomic E-state index is -1.42. The number of carboxylic acids is 1. The number of nitrogens with one attached hydrogen (secondary N) is 1. The molecule has 8 heteroatoms. The molecule has 3 N–H and O–H groups in total. The zero-order chi connectivity index (χ0) is 15.6. The number of amides is 2. The Hall–Kier alpha value is -2.48. The van der Waals surface area contributed by atoms with Crippen molar-refractivity contribution < 1.29 is 24.6 Å². The van der Waals surface area contributed by atoms with Gasteiger partial charge in [0.05, 0.1) is 13.0 Å². The van der Waals surface area contributed by atoms with Gasteiger partial charge >= 0.3 is 5.97 Å². The van der Waals surface area contributed by atoms with Crippen LogP contribution in [0.5, 0.6) is 0 Å². The first-order valence-corrected chi connectivity index (χ1v) is 6.29. The summed E-state index contributed by atoms with van der Waals surface area (Å²) in [6, 6.07) is -1.42. The summed E-state index contributed by atoms with van der Waals surface area (Å²) >= 11 is 0. The largest absolute Gasteiger partial charge is 0.480 e. The fraction of sp³-hybridized carbons (Fsp3) is 0.385. The molecule has 0 aliphatic carbocycles. The number of aliphatic imine (C=N–C) groups is 1. The Morgan fingerprint density at radius 1 is 1.52 bits per heavy atom. The van der Waals surface area contributed by atoms with E-state index in [9.17, 15) is 14.4 Å². The predicted molar refractivity (Wildman–Crippen MR) is 72.2 cm³/mol. The van der Waals surface area contributed by atoms with Gasteiger partial charge in [0.2, 0.25) is 5.91 Å². The second-order valence-electron chi connectivity index (χ2n) is 4.93. The van der Waals surface area contributed by atoms with E-state index in [1.165, 1.54) is 11.8 Å². The Morgan fingerprint density at radius 2 is 2.24 bits per heavy atom. The third-order valence-electron chi connectivity index (χ3n) is 3.38. The average molecular weight is 293 g/mol. The standard InChI is InChI=1S/C13H15N3O5/c1-13(12(21)14-8(7-17)11(19)20)6-10(18)15-9-4-2-3-5-16(9)13/h2-5,8,17H,6-7H2,1H3,(H,14,21)(H,19,20). The van der Waals surface area contributed by atoms with E-state index in [-0.39, 0.29) is 6.42 Å². The van der Waals surface area contributed by atoms with E-state index in [0.717, 1.165) is 0 Å². The summed E-state index contributed by atoms with van der Waals surface area (Å²) in [5, 5.41) is 20.1. The second-order valence-corrected chi connectivity index (χ2v) is 4.93. The third-order valence-corrected chi connectivity index (χ3v) is 3.38. The van der Waals surface area contributed by atoms with Crippen molar-refractivity contribution in [3.63, 3.8) is 0 Å². The van der Waals surface area contributed by atoms with E-state index in [4.69, 9.17) is 10.2 Å². The molecule has 2 amide bonds. The number of allylic oxidation sites excluding steroid dienone is 2. The lowest BCUT2D eigenvalue weighted by atomic mass is 9.91. The number of carbonyl (C=O) groups excluding carboxylic acids is 2. The number of carbonyl (C=O) groups is 3. The Kier molecular flexibility index (Phi) is 3.90.